The molecule has 1 fully saturated rings. The quantitative estimate of drug-likeness (QED) is 0.764. The minimum atomic E-state index is -0.831. The fourth-order valence-electron chi connectivity index (χ4n) is 0.772. The van der Waals surface area contributed by atoms with Crippen molar-refractivity contribution >= 4 is 26.3 Å². The van der Waals surface area contributed by atoms with E-state index in [1.807, 2.05) is 0 Å². The first-order valence-electron chi connectivity index (χ1n) is 2.90. The van der Waals surface area contributed by atoms with E-state index in [9.17, 15) is 4.79 Å². The molecule has 1 rings (SSSR count). The van der Waals surface area contributed by atoms with E-state index in [1.54, 1.807) is 0 Å². The van der Waals surface area contributed by atoms with E-state index < -0.39 is 12.1 Å². The van der Waals surface area contributed by atoms with Crippen molar-refractivity contribution in [2.24, 2.45) is 0 Å². The number of ether oxygens (including phenoxy) is 1. The van der Waals surface area contributed by atoms with Crippen LogP contribution in [0.1, 0.15) is 12.8 Å². The van der Waals surface area contributed by atoms with Gasteiger partial charge in [-0.25, -0.2) is 4.79 Å². The molecule has 1 saturated heterocycles. The van der Waals surface area contributed by atoms with Crippen molar-refractivity contribution in [2.45, 2.75) is 18.9 Å². The maximum absolute atomic E-state index is 10.1. The summed E-state index contributed by atoms with van der Waals surface area (Å²) in [5.41, 5.74) is 0. The Labute approximate surface area is 79.5 Å². The van der Waals surface area contributed by atoms with Gasteiger partial charge in [0.25, 0.3) is 0 Å². The Hall–Kier alpha value is 0.516. The molecule has 1 aliphatic heterocycles. The van der Waals surface area contributed by atoms with Gasteiger partial charge in [0, 0.05) is 6.61 Å². The molecule has 6 heteroatoms. The standard InChI is InChI=1S/C5H8O3.2ClH.Co/c6-5(7)4-2-1-3-8-4;;;/h4H,1-3H2,(H,6,7);2*1H;/q;;;+2/p-2. The molecular formula is C5H8Cl2CoO3. The van der Waals surface area contributed by atoms with Gasteiger partial charge in [-0.05, 0) is 12.8 Å². The van der Waals surface area contributed by atoms with E-state index in [-0.39, 0.29) is 0 Å². The summed E-state index contributed by atoms with van der Waals surface area (Å²) in [6.07, 6.45) is 1.04. The van der Waals surface area contributed by atoms with Crippen LogP contribution in [0.2, 0.25) is 0 Å². The molecule has 11 heavy (non-hydrogen) atoms. The zero-order valence-electron chi connectivity index (χ0n) is 5.55. The van der Waals surface area contributed by atoms with Crippen molar-refractivity contribution < 1.29 is 27.5 Å². The predicted molar refractivity (Wildman–Crippen MR) is 38.3 cm³/mol. The number of carbonyl (C=O) groups is 1. The van der Waals surface area contributed by atoms with Gasteiger partial charge in [-0.1, -0.05) is 0 Å². The van der Waals surface area contributed by atoms with E-state index in [0.29, 0.717) is 25.9 Å². The third kappa shape index (κ3) is 5.75. The van der Waals surface area contributed by atoms with Crippen molar-refractivity contribution in [1.82, 2.24) is 0 Å². The van der Waals surface area contributed by atoms with Crippen molar-refractivity contribution in [2.75, 3.05) is 6.61 Å². The van der Waals surface area contributed by atoms with Crippen LogP contribution in [0.5, 0.6) is 0 Å². The monoisotopic (exact) mass is 245 g/mol. The fraction of sp³-hybridized carbons (Fsp3) is 0.800. The fourth-order valence-corrected chi connectivity index (χ4v) is 0.772. The summed E-state index contributed by atoms with van der Waals surface area (Å²) >= 11 is 0.382. The number of hydrogen-bond donors (Lipinski definition) is 1. The maximum atomic E-state index is 10.1. The van der Waals surface area contributed by atoms with Gasteiger partial charge in [0.1, 0.15) is 0 Å². The molecule has 0 spiro atoms. The summed E-state index contributed by atoms with van der Waals surface area (Å²) in [4.78, 5) is 10.1. The molecule has 1 atom stereocenters. The van der Waals surface area contributed by atoms with Gasteiger partial charge in [0.05, 0.1) is 0 Å². The Morgan fingerprint density at radius 2 is 2.18 bits per heavy atom. The molecule has 3 nitrogen and oxygen atoms in total. The average molecular weight is 246 g/mol. The second-order valence-electron chi connectivity index (χ2n) is 1.89. The van der Waals surface area contributed by atoms with Crippen LogP contribution in [0.15, 0.2) is 0 Å². The van der Waals surface area contributed by atoms with Gasteiger partial charge in [-0.15, -0.1) is 0 Å². The van der Waals surface area contributed by atoms with Crippen molar-refractivity contribution in [1.29, 1.82) is 0 Å². The van der Waals surface area contributed by atoms with E-state index >= 15 is 0 Å². The van der Waals surface area contributed by atoms with E-state index in [0.717, 1.165) is 6.42 Å². The molecule has 0 amide bonds. The van der Waals surface area contributed by atoms with Gasteiger partial charge in [0.2, 0.25) is 0 Å². The number of rotatable bonds is 1. The summed E-state index contributed by atoms with van der Waals surface area (Å²) < 4.78 is 4.81. The number of carboxylic acids is 1. The molecule has 1 heterocycles. The first-order valence-corrected chi connectivity index (χ1v) is 5.77. The Morgan fingerprint density at radius 3 is 2.36 bits per heavy atom. The Bertz CT molecular complexity index is 116. The summed E-state index contributed by atoms with van der Waals surface area (Å²) in [7, 11) is 9.47. The molecule has 1 unspecified atom stereocenters. The summed E-state index contributed by atoms with van der Waals surface area (Å²) in [6.45, 7) is 0.608. The predicted octanol–water partition coefficient (Wildman–Crippen LogP) is 1.63. The van der Waals surface area contributed by atoms with Crippen LogP contribution in [-0.2, 0) is 22.4 Å². The van der Waals surface area contributed by atoms with Crippen molar-refractivity contribution in [3.05, 3.63) is 0 Å². The van der Waals surface area contributed by atoms with E-state index in [4.69, 9.17) is 30.1 Å². The third-order valence-corrected chi connectivity index (χ3v) is 1.21. The zero-order valence-corrected chi connectivity index (χ0v) is 8.10. The molecule has 69 valence electrons. The summed E-state index contributed by atoms with van der Waals surface area (Å²) in [5.74, 6) is -0.831. The SMILES string of the molecule is O=C(O)C1CCCO1.[Cl][Co][Cl]. The van der Waals surface area contributed by atoms with Crippen LogP contribution in [0, 0.1) is 0 Å². The minimum absolute atomic E-state index is 0.382. The second-order valence-corrected chi connectivity index (χ2v) is 3.61. The molecule has 0 saturated carbocycles. The third-order valence-electron chi connectivity index (χ3n) is 1.21. The Kier molecular flexibility index (Phi) is 7.52. The van der Waals surface area contributed by atoms with Gasteiger partial charge in [0.15, 0.2) is 6.10 Å². The summed E-state index contributed by atoms with van der Waals surface area (Å²) in [5, 5.41) is 8.29. The van der Waals surface area contributed by atoms with Crippen LogP contribution in [0.3, 0.4) is 0 Å². The Morgan fingerprint density at radius 1 is 1.64 bits per heavy atom. The van der Waals surface area contributed by atoms with Gasteiger partial charge >= 0.3 is 39.2 Å². The topological polar surface area (TPSA) is 46.5 Å². The van der Waals surface area contributed by atoms with Crippen LogP contribution < -0.4 is 0 Å². The van der Waals surface area contributed by atoms with Crippen molar-refractivity contribution in [3.8, 4) is 0 Å². The number of carboxylic acid groups (broad SMARTS) is 1. The van der Waals surface area contributed by atoms with Crippen molar-refractivity contribution in [3.63, 3.8) is 0 Å². The first-order chi connectivity index (χ1) is 5.22. The Balaban J connectivity index is 0.000000292. The van der Waals surface area contributed by atoms with Crippen LogP contribution >= 0.6 is 20.3 Å². The molecule has 0 aromatic rings. The average Bonchev–Trinajstić information content (AvgIpc) is 2.38. The zero-order chi connectivity index (χ0) is 8.69. The summed E-state index contributed by atoms with van der Waals surface area (Å²) in [6, 6.07) is 0. The van der Waals surface area contributed by atoms with Gasteiger partial charge in [-0.3, -0.25) is 0 Å². The molecule has 0 aromatic heterocycles. The number of halogens is 2. The molecular weight excluding hydrogens is 238 g/mol. The van der Waals surface area contributed by atoms with Gasteiger partial charge in [-0.2, -0.15) is 0 Å². The van der Waals surface area contributed by atoms with Crippen LogP contribution in [0.4, 0.5) is 0 Å². The van der Waals surface area contributed by atoms with E-state index in [2.05, 4.69) is 0 Å². The normalized spacial score (nSPS) is 22.5. The number of aliphatic carboxylic acids is 1. The molecule has 1 N–H and O–H groups in total. The second kappa shape index (κ2) is 7.18. The molecule has 0 aromatic carbocycles. The molecule has 0 aliphatic carbocycles. The first kappa shape index (κ1) is 11.5. The van der Waals surface area contributed by atoms with Crippen LogP contribution in [0.25, 0.3) is 0 Å². The van der Waals surface area contributed by atoms with Crippen LogP contribution in [-0.4, -0.2) is 23.8 Å². The van der Waals surface area contributed by atoms with Gasteiger partial charge < -0.3 is 9.84 Å². The molecule has 0 bridgehead atoms. The molecule has 0 radical (unpaired) electrons. The van der Waals surface area contributed by atoms with E-state index in [1.165, 1.54) is 0 Å². The molecule has 1 aliphatic rings. The number of hydrogen-bond acceptors (Lipinski definition) is 2.